The van der Waals surface area contributed by atoms with Crippen LogP contribution < -0.4 is 0 Å². The lowest BCUT2D eigenvalue weighted by Gasteiger charge is -2.58. The Morgan fingerprint density at radius 2 is 1.91 bits per heavy atom. The standard InChI is InChI=1S/C19H32O3/c1-12(2)15(21)7-6-13-10-14(20)11-16-18(3,4)17(22)8-9-19(13,16)5/h12-13,16-17,22H,6-11H2,1-5H3/t13-,16-,17-,19+/m1/s1. The van der Waals surface area contributed by atoms with Crippen molar-refractivity contribution in [2.24, 2.45) is 28.6 Å². The van der Waals surface area contributed by atoms with Gasteiger partial charge in [-0.1, -0.05) is 34.6 Å². The minimum atomic E-state index is -0.325. The molecule has 0 saturated heterocycles. The van der Waals surface area contributed by atoms with Gasteiger partial charge in [0.05, 0.1) is 6.10 Å². The zero-order chi connectivity index (χ0) is 16.7. The summed E-state index contributed by atoms with van der Waals surface area (Å²) in [5.41, 5.74) is -0.142. The number of carbonyl (C=O) groups excluding carboxylic acids is 2. The molecule has 3 heteroatoms. The smallest absolute Gasteiger partial charge is 0.135 e. The molecular weight excluding hydrogens is 276 g/mol. The van der Waals surface area contributed by atoms with Crippen LogP contribution in [0, 0.1) is 28.6 Å². The zero-order valence-electron chi connectivity index (χ0n) is 14.8. The average Bonchev–Trinajstić information content (AvgIpc) is 2.43. The van der Waals surface area contributed by atoms with Gasteiger partial charge in [0.25, 0.3) is 0 Å². The summed E-state index contributed by atoms with van der Waals surface area (Å²) in [6.45, 7) is 10.4. The van der Waals surface area contributed by atoms with E-state index in [-0.39, 0.29) is 34.7 Å². The molecular formula is C19H32O3. The zero-order valence-corrected chi connectivity index (χ0v) is 14.8. The first-order valence-electron chi connectivity index (χ1n) is 8.81. The predicted molar refractivity (Wildman–Crippen MR) is 87.4 cm³/mol. The van der Waals surface area contributed by atoms with Crippen molar-refractivity contribution in [2.45, 2.75) is 79.2 Å². The minimum Gasteiger partial charge on any atom is -0.393 e. The lowest BCUT2D eigenvalue weighted by molar-refractivity contribution is -0.156. The third-order valence-electron chi connectivity index (χ3n) is 6.73. The predicted octanol–water partition coefficient (Wildman–Crippen LogP) is 3.77. The second-order valence-corrected chi connectivity index (χ2v) is 8.74. The van der Waals surface area contributed by atoms with E-state index in [0.29, 0.717) is 30.8 Å². The van der Waals surface area contributed by atoms with Crippen LogP contribution in [-0.4, -0.2) is 22.8 Å². The Labute approximate surface area is 134 Å². The molecule has 0 aromatic rings. The molecule has 2 fully saturated rings. The second-order valence-electron chi connectivity index (χ2n) is 8.74. The molecule has 0 aromatic heterocycles. The number of fused-ring (bicyclic) bond motifs is 1. The van der Waals surface area contributed by atoms with E-state index in [4.69, 9.17) is 0 Å². The molecule has 2 aliphatic rings. The third kappa shape index (κ3) is 3.02. The average molecular weight is 308 g/mol. The summed E-state index contributed by atoms with van der Waals surface area (Å²) in [4.78, 5) is 24.3. The van der Waals surface area contributed by atoms with Gasteiger partial charge in [0.2, 0.25) is 0 Å². The maximum absolute atomic E-state index is 12.3. The second kappa shape index (κ2) is 6.07. The fraction of sp³-hybridized carbons (Fsp3) is 0.895. The summed E-state index contributed by atoms with van der Waals surface area (Å²) in [6, 6.07) is 0. The summed E-state index contributed by atoms with van der Waals surface area (Å²) in [6.07, 6.45) is 4.07. The van der Waals surface area contributed by atoms with Crippen molar-refractivity contribution in [2.75, 3.05) is 0 Å². The largest absolute Gasteiger partial charge is 0.393 e. The molecule has 3 nitrogen and oxygen atoms in total. The van der Waals surface area contributed by atoms with Gasteiger partial charge >= 0.3 is 0 Å². The van der Waals surface area contributed by atoms with Gasteiger partial charge in [0, 0.05) is 25.2 Å². The van der Waals surface area contributed by atoms with Gasteiger partial charge < -0.3 is 5.11 Å². The number of hydrogen-bond acceptors (Lipinski definition) is 3. The first-order chi connectivity index (χ1) is 10.1. The van der Waals surface area contributed by atoms with Crippen molar-refractivity contribution in [3.05, 3.63) is 0 Å². The van der Waals surface area contributed by atoms with Gasteiger partial charge in [0.1, 0.15) is 11.6 Å². The van der Waals surface area contributed by atoms with E-state index < -0.39 is 0 Å². The molecule has 2 aliphatic carbocycles. The number of aliphatic hydroxyl groups is 1. The highest BCUT2D eigenvalue weighted by molar-refractivity contribution is 5.81. The molecule has 22 heavy (non-hydrogen) atoms. The number of rotatable bonds is 4. The third-order valence-corrected chi connectivity index (χ3v) is 6.73. The van der Waals surface area contributed by atoms with Crippen LogP contribution in [0.4, 0.5) is 0 Å². The van der Waals surface area contributed by atoms with Gasteiger partial charge in [-0.05, 0) is 41.9 Å². The lowest BCUT2D eigenvalue weighted by Crippen LogP contribution is -2.55. The van der Waals surface area contributed by atoms with Crippen molar-refractivity contribution >= 4 is 11.6 Å². The summed E-state index contributed by atoms with van der Waals surface area (Å²) in [5.74, 6) is 1.20. The summed E-state index contributed by atoms with van der Waals surface area (Å²) in [7, 11) is 0. The molecule has 0 bridgehead atoms. The van der Waals surface area contributed by atoms with Crippen LogP contribution in [-0.2, 0) is 9.59 Å². The van der Waals surface area contributed by atoms with E-state index in [2.05, 4.69) is 20.8 Å². The van der Waals surface area contributed by atoms with Crippen molar-refractivity contribution in [1.29, 1.82) is 0 Å². The quantitative estimate of drug-likeness (QED) is 0.860. The number of hydrogen-bond donors (Lipinski definition) is 1. The maximum Gasteiger partial charge on any atom is 0.135 e. The molecule has 0 heterocycles. The summed E-state index contributed by atoms with van der Waals surface area (Å²) in [5, 5.41) is 10.4. The summed E-state index contributed by atoms with van der Waals surface area (Å²) < 4.78 is 0. The van der Waals surface area contributed by atoms with E-state index in [1.54, 1.807) is 0 Å². The number of Topliss-reactive ketones (excluding diaryl/α,β-unsaturated/α-hetero) is 2. The molecule has 1 N–H and O–H groups in total. The molecule has 0 spiro atoms. The van der Waals surface area contributed by atoms with E-state index in [9.17, 15) is 14.7 Å². The Morgan fingerprint density at radius 3 is 2.50 bits per heavy atom. The van der Waals surface area contributed by atoms with E-state index in [1.807, 2.05) is 13.8 Å². The summed E-state index contributed by atoms with van der Waals surface area (Å²) >= 11 is 0. The van der Waals surface area contributed by atoms with Gasteiger partial charge in [-0.15, -0.1) is 0 Å². The van der Waals surface area contributed by atoms with Crippen LogP contribution >= 0.6 is 0 Å². The van der Waals surface area contributed by atoms with E-state index in [0.717, 1.165) is 19.3 Å². The molecule has 0 radical (unpaired) electrons. The number of carbonyl (C=O) groups is 2. The van der Waals surface area contributed by atoms with Gasteiger partial charge in [-0.25, -0.2) is 0 Å². The molecule has 0 unspecified atom stereocenters. The van der Waals surface area contributed by atoms with Gasteiger partial charge in [-0.2, -0.15) is 0 Å². The number of aliphatic hydroxyl groups excluding tert-OH is 1. The molecule has 0 amide bonds. The first-order valence-corrected chi connectivity index (χ1v) is 8.81. The van der Waals surface area contributed by atoms with Crippen molar-refractivity contribution in [3.63, 3.8) is 0 Å². The Hall–Kier alpha value is -0.700. The molecule has 4 atom stereocenters. The van der Waals surface area contributed by atoms with Crippen LogP contribution in [0.2, 0.25) is 0 Å². The van der Waals surface area contributed by atoms with Crippen molar-refractivity contribution in [3.8, 4) is 0 Å². The molecule has 0 aromatic carbocycles. The molecule has 2 saturated carbocycles. The van der Waals surface area contributed by atoms with E-state index in [1.165, 1.54) is 0 Å². The Morgan fingerprint density at radius 1 is 1.27 bits per heavy atom. The van der Waals surface area contributed by atoms with E-state index >= 15 is 0 Å². The monoisotopic (exact) mass is 308 g/mol. The molecule has 126 valence electrons. The van der Waals surface area contributed by atoms with Crippen LogP contribution in [0.3, 0.4) is 0 Å². The SMILES string of the molecule is CC(C)C(=O)CC[C@@H]1CC(=O)C[C@@H]2C(C)(C)[C@H](O)CC[C@@]12C. The van der Waals surface area contributed by atoms with Gasteiger partial charge in [-0.3, -0.25) is 9.59 Å². The Balaban J connectivity index is 2.20. The molecule has 2 rings (SSSR count). The van der Waals surface area contributed by atoms with Crippen LogP contribution in [0.5, 0.6) is 0 Å². The minimum absolute atomic E-state index is 0.0764. The fourth-order valence-electron chi connectivity index (χ4n) is 4.92. The van der Waals surface area contributed by atoms with Gasteiger partial charge in [0.15, 0.2) is 0 Å². The highest BCUT2D eigenvalue weighted by Gasteiger charge is 2.56. The Bertz CT molecular complexity index is 452. The molecule has 0 aliphatic heterocycles. The highest BCUT2D eigenvalue weighted by Crippen LogP contribution is 2.60. The normalized spacial score (nSPS) is 38.0. The van der Waals surface area contributed by atoms with Crippen LogP contribution in [0.1, 0.15) is 73.1 Å². The number of ketones is 2. The van der Waals surface area contributed by atoms with Crippen molar-refractivity contribution in [1.82, 2.24) is 0 Å². The topological polar surface area (TPSA) is 54.4 Å². The Kier molecular flexibility index (Phi) is 4.87. The van der Waals surface area contributed by atoms with Crippen molar-refractivity contribution < 1.29 is 14.7 Å². The fourth-order valence-corrected chi connectivity index (χ4v) is 4.92. The lowest BCUT2D eigenvalue weighted by atomic mass is 9.47. The maximum atomic E-state index is 12.3. The van der Waals surface area contributed by atoms with Crippen LogP contribution in [0.25, 0.3) is 0 Å². The first kappa shape index (κ1) is 17.7. The van der Waals surface area contributed by atoms with Crippen LogP contribution in [0.15, 0.2) is 0 Å². The highest BCUT2D eigenvalue weighted by atomic mass is 16.3.